The Bertz CT molecular complexity index is 423. The van der Waals surface area contributed by atoms with Crippen LogP contribution in [0.3, 0.4) is 0 Å². The minimum atomic E-state index is -1.39. The molecule has 1 aromatic carbocycles. The zero-order valence-corrected chi connectivity index (χ0v) is 9.96. The first-order valence-corrected chi connectivity index (χ1v) is 5.34. The maximum atomic E-state index is 10.9. The second-order valence-corrected chi connectivity index (χ2v) is 4.16. The molecule has 0 bridgehead atoms. The molecule has 18 heavy (non-hydrogen) atoms. The lowest BCUT2D eigenvalue weighted by Crippen LogP contribution is -2.49. The van der Waals surface area contributed by atoms with Gasteiger partial charge in [-0.15, -0.1) is 0 Å². The molecule has 0 aromatic heterocycles. The Morgan fingerprint density at radius 3 is 2.28 bits per heavy atom. The fourth-order valence-corrected chi connectivity index (χ4v) is 1.45. The van der Waals surface area contributed by atoms with Crippen molar-refractivity contribution < 1.29 is 20.2 Å². The lowest BCUT2D eigenvalue weighted by atomic mass is 10.0. The molecule has 1 aromatic rings. The molecule has 0 unspecified atom stereocenters. The van der Waals surface area contributed by atoms with E-state index in [1.54, 1.807) is 13.0 Å². The van der Waals surface area contributed by atoms with Crippen LogP contribution in [-0.2, 0) is 0 Å². The molecule has 100 valence electrons. The van der Waals surface area contributed by atoms with Gasteiger partial charge in [0, 0.05) is 6.07 Å². The summed E-state index contributed by atoms with van der Waals surface area (Å²) in [5.74, 6) is 0. The predicted octanol–water partition coefficient (Wildman–Crippen LogP) is 0.0308. The Hall–Kier alpha value is -1.70. The van der Waals surface area contributed by atoms with Crippen molar-refractivity contribution in [1.82, 2.24) is 0 Å². The summed E-state index contributed by atoms with van der Waals surface area (Å²) in [6.07, 6.45) is 0. The summed E-state index contributed by atoms with van der Waals surface area (Å²) in [6.45, 7) is 0.0647. The van der Waals surface area contributed by atoms with E-state index in [4.69, 9.17) is 15.3 Å². The van der Waals surface area contributed by atoms with Gasteiger partial charge in [0.1, 0.15) is 11.2 Å². The minimum Gasteiger partial charge on any atom is -0.394 e. The largest absolute Gasteiger partial charge is 0.394 e. The molecule has 0 heterocycles. The number of benzene rings is 1. The van der Waals surface area contributed by atoms with Crippen LogP contribution in [0.4, 0.5) is 11.4 Å². The highest BCUT2D eigenvalue weighted by molar-refractivity contribution is 5.63. The van der Waals surface area contributed by atoms with Gasteiger partial charge in [-0.3, -0.25) is 10.1 Å². The molecule has 0 radical (unpaired) electrons. The summed E-state index contributed by atoms with van der Waals surface area (Å²) in [5, 5.41) is 41.0. The van der Waals surface area contributed by atoms with Crippen molar-refractivity contribution in [2.24, 2.45) is 0 Å². The van der Waals surface area contributed by atoms with Crippen molar-refractivity contribution in [3.05, 3.63) is 33.9 Å². The molecule has 0 atom stereocenters. The van der Waals surface area contributed by atoms with Crippen LogP contribution in [-0.4, -0.2) is 45.6 Å². The molecule has 4 N–H and O–H groups in total. The van der Waals surface area contributed by atoms with E-state index in [0.717, 1.165) is 5.56 Å². The Labute approximate surface area is 104 Å². The van der Waals surface area contributed by atoms with Gasteiger partial charge < -0.3 is 20.6 Å². The molecule has 0 fully saturated rings. The first-order chi connectivity index (χ1) is 8.48. The van der Waals surface area contributed by atoms with Crippen molar-refractivity contribution in [2.75, 3.05) is 25.1 Å². The molecular weight excluding hydrogens is 240 g/mol. The number of aliphatic hydroxyl groups excluding tert-OH is 3. The van der Waals surface area contributed by atoms with E-state index in [-0.39, 0.29) is 11.4 Å². The lowest BCUT2D eigenvalue weighted by molar-refractivity contribution is -0.384. The van der Waals surface area contributed by atoms with Gasteiger partial charge in [0.05, 0.1) is 24.7 Å². The SMILES string of the molecule is Cc1ccc(NC(CO)(CO)CO)c([N+](=O)[O-])c1. The number of aryl methyl sites for hydroxylation is 1. The third-order valence-electron chi connectivity index (χ3n) is 2.66. The molecule has 0 saturated heterocycles. The van der Waals surface area contributed by atoms with Crippen LogP contribution in [0.15, 0.2) is 18.2 Å². The highest BCUT2D eigenvalue weighted by Gasteiger charge is 2.30. The maximum Gasteiger partial charge on any atom is 0.292 e. The fraction of sp³-hybridized carbons (Fsp3) is 0.455. The Morgan fingerprint density at radius 2 is 1.83 bits per heavy atom. The fourth-order valence-electron chi connectivity index (χ4n) is 1.45. The molecule has 7 nitrogen and oxygen atoms in total. The second-order valence-electron chi connectivity index (χ2n) is 4.16. The number of hydrogen-bond donors (Lipinski definition) is 4. The highest BCUT2D eigenvalue weighted by atomic mass is 16.6. The summed E-state index contributed by atoms with van der Waals surface area (Å²) in [6, 6.07) is 4.51. The van der Waals surface area contributed by atoms with E-state index in [1.807, 2.05) is 0 Å². The molecule has 0 aliphatic heterocycles. The molecule has 0 aliphatic carbocycles. The van der Waals surface area contributed by atoms with Crippen LogP contribution < -0.4 is 5.32 Å². The number of nitrogens with zero attached hydrogens (tertiary/aromatic N) is 1. The van der Waals surface area contributed by atoms with Gasteiger partial charge >= 0.3 is 0 Å². The van der Waals surface area contributed by atoms with Crippen molar-refractivity contribution in [3.8, 4) is 0 Å². The second kappa shape index (κ2) is 5.76. The molecule has 7 heteroatoms. The van der Waals surface area contributed by atoms with Crippen LogP contribution in [0.25, 0.3) is 0 Å². The summed E-state index contributed by atoms with van der Waals surface area (Å²) >= 11 is 0. The number of nitrogens with one attached hydrogen (secondary N) is 1. The lowest BCUT2D eigenvalue weighted by Gasteiger charge is -2.29. The quantitative estimate of drug-likeness (QED) is 0.421. The van der Waals surface area contributed by atoms with Crippen molar-refractivity contribution >= 4 is 11.4 Å². The van der Waals surface area contributed by atoms with Gasteiger partial charge in [-0.1, -0.05) is 6.07 Å². The summed E-state index contributed by atoms with van der Waals surface area (Å²) in [7, 11) is 0. The summed E-state index contributed by atoms with van der Waals surface area (Å²) in [4.78, 5) is 10.3. The van der Waals surface area contributed by atoms with Crippen LogP contribution in [0.5, 0.6) is 0 Å². The van der Waals surface area contributed by atoms with E-state index in [1.165, 1.54) is 12.1 Å². The zero-order valence-electron chi connectivity index (χ0n) is 9.96. The number of nitro benzene ring substituents is 1. The van der Waals surface area contributed by atoms with Gasteiger partial charge in [0.2, 0.25) is 0 Å². The molecule has 0 saturated carbocycles. The number of anilines is 1. The van der Waals surface area contributed by atoms with Crippen LogP contribution >= 0.6 is 0 Å². The minimum absolute atomic E-state index is 0.141. The third-order valence-corrected chi connectivity index (χ3v) is 2.66. The van der Waals surface area contributed by atoms with Gasteiger partial charge in [-0.25, -0.2) is 0 Å². The maximum absolute atomic E-state index is 10.9. The van der Waals surface area contributed by atoms with E-state index < -0.39 is 30.3 Å². The van der Waals surface area contributed by atoms with Crippen molar-refractivity contribution in [1.29, 1.82) is 0 Å². The molecule has 0 aliphatic rings. The van der Waals surface area contributed by atoms with Gasteiger partial charge in [0.25, 0.3) is 5.69 Å². The first kappa shape index (κ1) is 14.4. The molecule has 0 spiro atoms. The average Bonchev–Trinajstić information content (AvgIpc) is 2.37. The van der Waals surface area contributed by atoms with E-state index in [9.17, 15) is 10.1 Å². The van der Waals surface area contributed by atoms with Crippen LogP contribution in [0.1, 0.15) is 5.56 Å². The van der Waals surface area contributed by atoms with Crippen LogP contribution in [0.2, 0.25) is 0 Å². The Morgan fingerprint density at radius 1 is 1.28 bits per heavy atom. The van der Waals surface area contributed by atoms with E-state index in [0.29, 0.717) is 0 Å². The summed E-state index contributed by atoms with van der Waals surface area (Å²) in [5.41, 5.74) is -0.702. The number of rotatable bonds is 6. The first-order valence-electron chi connectivity index (χ1n) is 5.34. The Kier molecular flexibility index (Phi) is 4.60. The topological polar surface area (TPSA) is 116 Å². The molecule has 0 amide bonds. The predicted molar refractivity (Wildman–Crippen MR) is 65.4 cm³/mol. The average molecular weight is 256 g/mol. The number of hydrogen-bond acceptors (Lipinski definition) is 6. The van der Waals surface area contributed by atoms with Crippen molar-refractivity contribution in [2.45, 2.75) is 12.5 Å². The van der Waals surface area contributed by atoms with Gasteiger partial charge in [0.15, 0.2) is 0 Å². The highest BCUT2D eigenvalue weighted by Crippen LogP contribution is 2.27. The van der Waals surface area contributed by atoms with Crippen molar-refractivity contribution in [3.63, 3.8) is 0 Å². The third kappa shape index (κ3) is 2.95. The standard InChI is InChI=1S/C11H16N2O5/c1-8-2-3-9(10(4-8)13(17)18)12-11(5-14,6-15)7-16/h2-4,12,14-16H,5-7H2,1H3. The number of nitro groups is 1. The van der Waals surface area contributed by atoms with E-state index >= 15 is 0 Å². The van der Waals surface area contributed by atoms with E-state index in [2.05, 4.69) is 5.32 Å². The summed E-state index contributed by atoms with van der Waals surface area (Å²) < 4.78 is 0. The Balaban J connectivity index is 3.13. The molecule has 1 rings (SSSR count). The van der Waals surface area contributed by atoms with Gasteiger partial charge in [-0.2, -0.15) is 0 Å². The zero-order chi connectivity index (χ0) is 13.8. The monoisotopic (exact) mass is 256 g/mol. The normalized spacial score (nSPS) is 11.3. The molecular formula is C11H16N2O5. The van der Waals surface area contributed by atoms with Gasteiger partial charge in [-0.05, 0) is 18.6 Å². The smallest absolute Gasteiger partial charge is 0.292 e. The van der Waals surface area contributed by atoms with Crippen LogP contribution in [0, 0.1) is 17.0 Å². The number of aliphatic hydroxyl groups is 3.